The molecule has 0 saturated heterocycles. The molecule has 1 saturated carbocycles. The summed E-state index contributed by atoms with van der Waals surface area (Å²) in [4.78, 5) is 18.0. The number of nitrogens with zero attached hydrogens (tertiary/aromatic N) is 3. The van der Waals surface area contributed by atoms with Crippen LogP contribution >= 0.6 is 0 Å². The van der Waals surface area contributed by atoms with Crippen molar-refractivity contribution in [1.29, 1.82) is 0 Å². The van der Waals surface area contributed by atoms with Crippen molar-refractivity contribution in [3.8, 4) is 0 Å². The van der Waals surface area contributed by atoms with Crippen LogP contribution in [0, 0.1) is 0 Å². The van der Waals surface area contributed by atoms with Crippen LogP contribution in [0.2, 0.25) is 0 Å². The molecule has 0 bridgehead atoms. The zero-order valence-electron chi connectivity index (χ0n) is 9.22. The number of fused-ring (bicyclic) bond motifs is 1. The van der Waals surface area contributed by atoms with Gasteiger partial charge in [0.1, 0.15) is 5.82 Å². The largest absolute Gasteiger partial charge is 0.332 e. The van der Waals surface area contributed by atoms with E-state index in [9.17, 15) is 4.79 Å². The van der Waals surface area contributed by atoms with E-state index in [1.54, 1.807) is 6.20 Å². The van der Waals surface area contributed by atoms with E-state index in [0.29, 0.717) is 19.1 Å². The maximum Gasteiger partial charge on any atom is 0.237 e. The molecule has 5 heteroatoms. The predicted molar refractivity (Wildman–Crippen MR) is 58.7 cm³/mol. The highest BCUT2D eigenvalue weighted by Crippen LogP contribution is 2.18. The minimum Gasteiger partial charge on any atom is -0.332 e. The third kappa shape index (κ3) is 1.95. The summed E-state index contributed by atoms with van der Waals surface area (Å²) in [6.07, 6.45) is 6.21. The number of carbonyl (C=O) groups excluding carboxylic acids is 1. The summed E-state index contributed by atoms with van der Waals surface area (Å²) >= 11 is 0. The van der Waals surface area contributed by atoms with Gasteiger partial charge in [-0.15, -0.1) is 0 Å². The highest BCUT2D eigenvalue weighted by atomic mass is 16.2. The van der Waals surface area contributed by atoms with Gasteiger partial charge in [0.2, 0.25) is 5.91 Å². The van der Waals surface area contributed by atoms with Crippen LogP contribution in [0.3, 0.4) is 0 Å². The van der Waals surface area contributed by atoms with Gasteiger partial charge in [-0.1, -0.05) is 0 Å². The van der Waals surface area contributed by atoms with Crippen molar-refractivity contribution in [3.63, 3.8) is 0 Å². The Hall–Kier alpha value is -1.36. The number of rotatable bonds is 3. The summed E-state index contributed by atoms with van der Waals surface area (Å²) in [5.74, 6) is 1.19. The first-order valence-corrected chi connectivity index (χ1v) is 5.84. The lowest BCUT2D eigenvalue weighted by Gasteiger charge is -2.27. The van der Waals surface area contributed by atoms with Gasteiger partial charge in [-0.25, -0.2) is 4.98 Å². The Morgan fingerprint density at radius 1 is 1.50 bits per heavy atom. The molecule has 1 fully saturated rings. The molecule has 2 aliphatic rings. The van der Waals surface area contributed by atoms with Gasteiger partial charge in [0.15, 0.2) is 0 Å². The van der Waals surface area contributed by atoms with Crippen LogP contribution in [-0.2, 0) is 17.9 Å². The molecule has 16 heavy (non-hydrogen) atoms. The first-order valence-electron chi connectivity index (χ1n) is 5.84. The third-order valence-corrected chi connectivity index (χ3v) is 3.22. The molecular formula is C11H16N4O. The lowest BCUT2D eigenvalue weighted by Crippen LogP contribution is -2.43. The average Bonchev–Trinajstić information content (AvgIpc) is 3.01. The minimum absolute atomic E-state index is 0.196. The van der Waals surface area contributed by atoms with Gasteiger partial charge in [0, 0.05) is 31.5 Å². The van der Waals surface area contributed by atoms with Crippen LogP contribution in [0.25, 0.3) is 0 Å². The van der Waals surface area contributed by atoms with Gasteiger partial charge in [-0.05, 0) is 12.8 Å². The average molecular weight is 220 g/mol. The smallest absolute Gasteiger partial charge is 0.237 e. The number of nitrogens with one attached hydrogen (secondary N) is 1. The van der Waals surface area contributed by atoms with Crippen LogP contribution < -0.4 is 5.32 Å². The monoisotopic (exact) mass is 220 g/mol. The fourth-order valence-electron chi connectivity index (χ4n) is 2.02. The van der Waals surface area contributed by atoms with Crippen molar-refractivity contribution < 1.29 is 4.79 Å². The summed E-state index contributed by atoms with van der Waals surface area (Å²) in [5.41, 5.74) is 0. The molecule has 1 aliphatic heterocycles. The Bertz CT molecular complexity index is 396. The van der Waals surface area contributed by atoms with E-state index in [1.165, 1.54) is 12.8 Å². The number of hydrogen-bond acceptors (Lipinski definition) is 3. The van der Waals surface area contributed by atoms with E-state index in [4.69, 9.17) is 0 Å². The van der Waals surface area contributed by atoms with E-state index >= 15 is 0 Å². The Labute approximate surface area is 94.4 Å². The fraction of sp³-hybridized carbons (Fsp3) is 0.636. The van der Waals surface area contributed by atoms with Crippen molar-refractivity contribution in [2.75, 3.05) is 13.1 Å². The number of carbonyl (C=O) groups is 1. The number of amides is 1. The molecule has 0 unspecified atom stereocenters. The van der Waals surface area contributed by atoms with Crippen LogP contribution in [-0.4, -0.2) is 39.5 Å². The van der Waals surface area contributed by atoms with Crippen LogP contribution in [0.15, 0.2) is 12.4 Å². The standard InChI is InChI=1S/C11H16N4O/c16-11(7-13-9-1-2-9)15-6-5-14-4-3-12-10(14)8-15/h3-4,9,13H,1-2,5-8H2. The quantitative estimate of drug-likeness (QED) is 0.778. The zero-order chi connectivity index (χ0) is 11.0. The Balaban J connectivity index is 1.57. The number of imidazole rings is 1. The lowest BCUT2D eigenvalue weighted by atomic mass is 10.3. The second kappa shape index (κ2) is 3.90. The lowest BCUT2D eigenvalue weighted by molar-refractivity contribution is -0.131. The molecular weight excluding hydrogens is 204 g/mol. The maximum atomic E-state index is 11.9. The van der Waals surface area contributed by atoms with E-state index < -0.39 is 0 Å². The summed E-state index contributed by atoms with van der Waals surface area (Å²) in [5, 5.41) is 3.25. The van der Waals surface area contributed by atoms with Crippen LogP contribution in [0.4, 0.5) is 0 Å². The van der Waals surface area contributed by atoms with E-state index in [0.717, 1.165) is 18.9 Å². The number of hydrogen-bond donors (Lipinski definition) is 1. The van der Waals surface area contributed by atoms with Crippen molar-refractivity contribution in [1.82, 2.24) is 19.8 Å². The SMILES string of the molecule is O=C(CNC1CC1)N1CCn2ccnc2C1. The first-order chi connectivity index (χ1) is 7.83. The normalized spacial score (nSPS) is 19.6. The van der Waals surface area contributed by atoms with Gasteiger partial charge >= 0.3 is 0 Å². The van der Waals surface area contributed by atoms with Gasteiger partial charge in [0.25, 0.3) is 0 Å². The van der Waals surface area contributed by atoms with Gasteiger partial charge < -0.3 is 14.8 Å². The van der Waals surface area contributed by atoms with Crippen molar-refractivity contribution in [2.45, 2.75) is 32.0 Å². The second-order valence-electron chi connectivity index (χ2n) is 4.51. The summed E-state index contributed by atoms with van der Waals surface area (Å²) in [6, 6.07) is 0.593. The second-order valence-corrected chi connectivity index (χ2v) is 4.51. The van der Waals surface area contributed by atoms with Gasteiger partial charge in [-0.2, -0.15) is 0 Å². The molecule has 0 radical (unpaired) electrons. The van der Waals surface area contributed by atoms with Crippen LogP contribution in [0.5, 0.6) is 0 Å². The van der Waals surface area contributed by atoms with Gasteiger partial charge in [0.05, 0.1) is 13.1 Å². The van der Waals surface area contributed by atoms with Crippen LogP contribution in [0.1, 0.15) is 18.7 Å². The Morgan fingerprint density at radius 3 is 3.19 bits per heavy atom. The van der Waals surface area contributed by atoms with E-state index in [1.807, 2.05) is 11.1 Å². The molecule has 0 atom stereocenters. The molecule has 0 aromatic carbocycles. The molecule has 3 rings (SSSR count). The Kier molecular flexibility index (Phi) is 2.40. The predicted octanol–water partition coefficient (Wildman–Crippen LogP) is -0.0227. The minimum atomic E-state index is 0.196. The summed E-state index contributed by atoms with van der Waals surface area (Å²) < 4.78 is 2.11. The fourth-order valence-corrected chi connectivity index (χ4v) is 2.02. The van der Waals surface area contributed by atoms with E-state index in [-0.39, 0.29) is 5.91 Å². The molecule has 2 heterocycles. The van der Waals surface area contributed by atoms with E-state index in [2.05, 4.69) is 14.9 Å². The Morgan fingerprint density at radius 2 is 2.38 bits per heavy atom. The highest BCUT2D eigenvalue weighted by Gasteiger charge is 2.24. The molecule has 1 aromatic heterocycles. The summed E-state index contributed by atoms with van der Waals surface area (Å²) in [7, 11) is 0. The summed E-state index contributed by atoms with van der Waals surface area (Å²) in [6.45, 7) is 2.79. The molecule has 1 amide bonds. The third-order valence-electron chi connectivity index (χ3n) is 3.22. The first kappa shape index (κ1) is 9.84. The molecule has 0 spiro atoms. The highest BCUT2D eigenvalue weighted by molar-refractivity contribution is 5.78. The molecule has 1 N–H and O–H groups in total. The zero-order valence-corrected chi connectivity index (χ0v) is 9.22. The van der Waals surface area contributed by atoms with Gasteiger partial charge in [-0.3, -0.25) is 4.79 Å². The van der Waals surface area contributed by atoms with Crippen molar-refractivity contribution in [3.05, 3.63) is 18.2 Å². The van der Waals surface area contributed by atoms with Crippen molar-refractivity contribution >= 4 is 5.91 Å². The molecule has 1 aliphatic carbocycles. The number of aromatic nitrogens is 2. The topological polar surface area (TPSA) is 50.2 Å². The molecule has 5 nitrogen and oxygen atoms in total. The molecule has 86 valence electrons. The maximum absolute atomic E-state index is 11.9. The van der Waals surface area contributed by atoms with Crippen molar-refractivity contribution in [2.24, 2.45) is 0 Å². The molecule has 1 aromatic rings.